The van der Waals surface area contributed by atoms with Gasteiger partial charge in [-0.3, -0.25) is 9.59 Å². The molecule has 0 spiro atoms. The number of carbonyl (C=O) groups is 2. The zero-order chi connectivity index (χ0) is 16.4. The lowest BCUT2D eigenvalue weighted by atomic mass is 9.98. The van der Waals surface area contributed by atoms with E-state index in [9.17, 15) is 9.59 Å². The van der Waals surface area contributed by atoms with E-state index < -0.39 is 0 Å². The van der Waals surface area contributed by atoms with Crippen LogP contribution in [0.5, 0.6) is 0 Å². The third kappa shape index (κ3) is 3.34. The third-order valence-electron chi connectivity index (χ3n) is 4.02. The van der Waals surface area contributed by atoms with Gasteiger partial charge in [-0.15, -0.1) is 0 Å². The zero-order valence-electron chi connectivity index (χ0n) is 12.9. The molecule has 0 unspecified atom stereocenters. The first-order valence-corrected chi connectivity index (χ1v) is 8.11. The third-order valence-corrected chi connectivity index (χ3v) is 4.25. The molecule has 0 saturated carbocycles. The van der Waals surface area contributed by atoms with Crippen molar-refractivity contribution in [3.05, 3.63) is 35.0 Å². The average molecular weight is 336 g/mol. The van der Waals surface area contributed by atoms with Gasteiger partial charge < -0.3 is 14.1 Å². The van der Waals surface area contributed by atoms with Crippen molar-refractivity contribution in [3.63, 3.8) is 0 Å². The van der Waals surface area contributed by atoms with Gasteiger partial charge in [0.05, 0.1) is 12.5 Å². The molecule has 1 amide bonds. The summed E-state index contributed by atoms with van der Waals surface area (Å²) >= 11 is 5.95. The second-order valence-electron chi connectivity index (χ2n) is 5.64. The Hall–Kier alpha value is -2.01. The Balaban J connectivity index is 1.77. The highest BCUT2D eigenvalue weighted by molar-refractivity contribution is 6.31. The predicted molar refractivity (Wildman–Crippen MR) is 86.5 cm³/mol. The van der Waals surface area contributed by atoms with E-state index in [1.165, 1.54) is 0 Å². The molecule has 23 heavy (non-hydrogen) atoms. The summed E-state index contributed by atoms with van der Waals surface area (Å²) < 4.78 is 10.7. The molecule has 2 aromatic rings. The first-order chi connectivity index (χ1) is 11.1. The molecule has 0 bridgehead atoms. The molecule has 3 rings (SSSR count). The fraction of sp³-hybridized carbons (Fsp3) is 0.412. The summed E-state index contributed by atoms with van der Waals surface area (Å²) in [5, 5.41) is 1.39. The van der Waals surface area contributed by atoms with Crippen molar-refractivity contribution in [3.8, 4) is 0 Å². The van der Waals surface area contributed by atoms with Gasteiger partial charge in [0.2, 0.25) is 0 Å². The zero-order valence-corrected chi connectivity index (χ0v) is 13.6. The number of nitrogens with zero attached hydrogens (tertiary/aromatic N) is 1. The van der Waals surface area contributed by atoms with Crippen molar-refractivity contribution < 1.29 is 18.7 Å². The van der Waals surface area contributed by atoms with E-state index in [2.05, 4.69) is 0 Å². The number of amides is 1. The number of halogens is 1. The first kappa shape index (κ1) is 15.9. The topological polar surface area (TPSA) is 59.8 Å². The molecular weight excluding hydrogens is 318 g/mol. The van der Waals surface area contributed by atoms with E-state index in [-0.39, 0.29) is 23.6 Å². The maximum Gasteiger partial charge on any atom is 0.310 e. The minimum absolute atomic E-state index is 0.202. The summed E-state index contributed by atoms with van der Waals surface area (Å²) in [6.07, 6.45) is 1.53. The first-order valence-electron chi connectivity index (χ1n) is 7.73. The molecule has 0 radical (unpaired) electrons. The minimum atomic E-state index is -0.258. The van der Waals surface area contributed by atoms with Crippen LogP contribution in [0.3, 0.4) is 0 Å². The van der Waals surface area contributed by atoms with Crippen molar-refractivity contribution >= 4 is 34.4 Å². The minimum Gasteiger partial charge on any atom is -0.466 e. The number of rotatable bonds is 3. The molecule has 0 aliphatic carbocycles. The molecule has 1 aromatic heterocycles. The van der Waals surface area contributed by atoms with E-state index in [0.717, 1.165) is 18.2 Å². The highest BCUT2D eigenvalue weighted by atomic mass is 35.5. The second-order valence-corrected chi connectivity index (χ2v) is 6.07. The van der Waals surface area contributed by atoms with Crippen LogP contribution in [0.2, 0.25) is 5.02 Å². The number of furan rings is 1. The number of hydrogen-bond acceptors (Lipinski definition) is 4. The van der Waals surface area contributed by atoms with Crippen LogP contribution in [-0.2, 0) is 9.53 Å². The Morgan fingerprint density at radius 3 is 3.00 bits per heavy atom. The van der Waals surface area contributed by atoms with Crippen LogP contribution in [0.1, 0.15) is 30.3 Å². The number of ether oxygens (including phenoxy) is 1. The number of esters is 1. The highest BCUT2D eigenvalue weighted by Gasteiger charge is 2.31. The molecule has 6 heteroatoms. The number of piperidine rings is 1. The summed E-state index contributed by atoms with van der Waals surface area (Å²) in [6.45, 7) is 3.12. The summed E-state index contributed by atoms with van der Waals surface area (Å²) in [7, 11) is 0. The lowest BCUT2D eigenvalue weighted by Crippen LogP contribution is -2.42. The fourth-order valence-electron chi connectivity index (χ4n) is 2.89. The van der Waals surface area contributed by atoms with Gasteiger partial charge in [-0.05, 0) is 44.0 Å². The van der Waals surface area contributed by atoms with Gasteiger partial charge in [-0.1, -0.05) is 11.6 Å². The highest BCUT2D eigenvalue weighted by Crippen LogP contribution is 2.25. The van der Waals surface area contributed by atoms with Crippen LogP contribution in [-0.4, -0.2) is 36.5 Å². The van der Waals surface area contributed by atoms with E-state index in [1.54, 1.807) is 36.1 Å². The lowest BCUT2D eigenvalue weighted by molar-refractivity contribution is -0.149. The number of fused-ring (bicyclic) bond motifs is 1. The van der Waals surface area contributed by atoms with Crippen LogP contribution in [0.25, 0.3) is 11.0 Å². The van der Waals surface area contributed by atoms with Crippen LogP contribution in [0, 0.1) is 5.92 Å². The van der Waals surface area contributed by atoms with Gasteiger partial charge in [-0.2, -0.15) is 0 Å². The Labute approximate surface area is 139 Å². The van der Waals surface area contributed by atoms with Crippen LogP contribution in [0.15, 0.2) is 28.7 Å². The molecule has 5 nitrogen and oxygen atoms in total. The Morgan fingerprint density at radius 2 is 2.22 bits per heavy atom. The van der Waals surface area contributed by atoms with Crippen LogP contribution >= 0.6 is 11.6 Å². The molecule has 0 N–H and O–H groups in total. The summed E-state index contributed by atoms with van der Waals surface area (Å²) in [5.74, 6) is -0.425. The molecule has 1 atom stereocenters. The van der Waals surface area contributed by atoms with Crippen molar-refractivity contribution in [2.24, 2.45) is 5.92 Å². The van der Waals surface area contributed by atoms with Crippen molar-refractivity contribution in [1.82, 2.24) is 4.90 Å². The van der Waals surface area contributed by atoms with Gasteiger partial charge in [0.25, 0.3) is 5.91 Å². The standard InChI is InChI=1S/C17H18ClNO4/c1-2-22-17(21)11-4-3-7-19(10-11)16(20)15-9-12-8-13(18)5-6-14(12)23-15/h5-6,8-9,11H,2-4,7,10H2,1H3/t11-/m0/s1. The molecule has 2 heterocycles. The molecule has 122 valence electrons. The fourth-order valence-corrected chi connectivity index (χ4v) is 3.07. The summed E-state index contributed by atoms with van der Waals surface area (Å²) in [4.78, 5) is 26.2. The summed E-state index contributed by atoms with van der Waals surface area (Å²) in [6, 6.07) is 6.91. The lowest BCUT2D eigenvalue weighted by Gasteiger charge is -2.30. The molecule has 1 aromatic carbocycles. The van der Waals surface area contributed by atoms with E-state index in [4.69, 9.17) is 20.8 Å². The molecule has 1 fully saturated rings. The van der Waals surface area contributed by atoms with Gasteiger partial charge in [0.1, 0.15) is 5.58 Å². The molecule has 1 aliphatic heterocycles. The number of carbonyl (C=O) groups excluding carboxylic acids is 2. The molecule has 1 aliphatic rings. The summed E-state index contributed by atoms with van der Waals surface area (Å²) in [5.41, 5.74) is 0.622. The Bertz CT molecular complexity index is 739. The van der Waals surface area contributed by atoms with Crippen LogP contribution < -0.4 is 0 Å². The quantitative estimate of drug-likeness (QED) is 0.805. The largest absolute Gasteiger partial charge is 0.466 e. The number of hydrogen-bond donors (Lipinski definition) is 0. The average Bonchev–Trinajstić information content (AvgIpc) is 2.97. The normalized spacial score (nSPS) is 18.2. The van der Waals surface area contributed by atoms with E-state index >= 15 is 0 Å². The molecule has 1 saturated heterocycles. The van der Waals surface area contributed by atoms with Crippen molar-refractivity contribution in [2.45, 2.75) is 19.8 Å². The Kier molecular flexibility index (Phi) is 4.57. The Morgan fingerprint density at radius 1 is 1.39 bits per heavy atom. The number of likely N-dealkylation sites (tertiary alicyclic amines) is 1. The second kappa shape index (κ2) is 6.62. The van der Waals surface area contributed by atoms with Crippen molar-refractivity contribution in [1.29, 1.82) is 0 Å². The van der Waals surface area contributed by atoms with Gasteiger partial charge in [0.15, 0.2) is 5.76 Å². The van der Waals surface area contributed by atoms with Gasteiger partial charge in [0, 0.05) is 23.5 Å². The number of benzene rings is 1. The van der Waals surface area contributed by atoms with Crippen molar-refractivity contribution in [2.75, 3.05) is 19.7 Å². The van der Waals surface area contributed by atoms with E-state index in [1.807, 2.05) is 0 Å². The SMILES string of the molecule is CCOC(=O)[C@H]1CCCN(C(=O)c2cc3cc(Cl)ccc3o2)C1. The van der Waals surface area contributed by atoms with E-state index in [0.29, 0.717) is 30.3 Å². The maximum absolute atomic E-state index is 12.6. The van der Waals surface area contributed by atoms with Crippen LogP contribution in [0.4, 0.5) is 0 Å². The van der Waals surface area contributed by atoms with Gasteiger partial charge >= 0.3 is 5.97 Å². The smallest absolute Gasteiger partial charge is 0.310 e. The van der Waals surface area contributed by atoms with Gasteiger partial charge in [-0.25, -0.2) is 0 Å². The monoisotopic (exact) mass is 335 g/mol. The maximum atomic E-state index is 12.6. The predicted octanol–water partition coefficient (Wildman–Crippen LogP) is 3.50. The molecular formula is C17H18ClNO4.